The van der Waals surface area contributed by atoms with E-state index in [1.165, 1.54) is 0 Å². The first-order chi connectivity index (χ1) is 9.08. The summed E-state index contributed by atoms with van der Waals surface area (Å²) in [6.45, 7) is 0.694. The van der Waals surface area contributed by atoms with Crippen LogP contribution in [0.3, 0.4) is 0 Å². The number of hydrogen-bond donors (Lipinski definition) is 1. The van der Waals surface area contributed by atoms with Gasteiger partial charge in [0.05, 0.1) is 0 Å². The van der Waals surface area contributed by atoms with Crippen LogP contribution in [0.15, 0.2) is 42.6 Å². The van der Waals surface area contributed by atoms with Crippen LogP contribution >= 0.6 is 23.8 Å². The molecule has 2 rings (SSSR count). The second-order valence-electron chi connectivity index (χ2n) is 4.22. The summed E-state index contributed by atoms with van der Waals surface area (Å²) < 4.78 is 0. The zero-order valence-electron chi connectivity index (χ0n) is 10.5. The fourth-order valence-electron chi connectivity index (χ4n) is 1.72. The molecule has 0 aliphatic rings. The Morgan fingerprint density at radius 1 is 1.32 bits per heavy atom. The maximum Gasteiger partial charge on any atom is 0.128 e. The molecule has 98 valence electrons. The van der Waals surface area contributed by atoms with Crippen molar-refractivity contribution in [2.75, 3.05) is 11.9 Å². The van der Waals surface area contributed by atoms with E-state index in [1.54, 1.807) is 6.20 Å². The van der Waals surface area contributed by atoms with Gasteiger partial charge in [-0.1, -0.05) is 42.0 Å². The number of thiocarbonyl (C=S) groups is 1. The first-order valence-corrected chi connectivity index (χ1v) is 6.57. The molecule has 0 unspecified atom stereocenters. The van der Waals surface area contributed by atoms with Crippen molar-refractivity contribution in [3.05, 3.63) is 58.7 Å². The Balaban J connectivity index is 2.14. The van der Waals surface area contributed by atoms with Gasteiger partial charge in [-0.15, -0.1) is 0 Å². The largest absolute Gasteiger partial charge is 0.389 e. The van der Waals surface area contributed by atoms with Crippen LogP contribution in [-0.4, -0.2) is 17.0 Å². The molecule has 1 aromatic heterocycles. The van der Waals surface area contributed by atoms with E-state index in [-0.39, 0.29) is 0 Å². The van der Waals surface area contributed by atoms with Gasteiger partial charge in [-0.3, -0.25) is 0 Å². The quantitative estimate of drug-likeness (QED) is 0.880. The molecular formula is C14H14ClN3S. The Morgan fingerprint density at radius 2 is 2.05 bits per heavy atom. The standard InChI is InChI=1S/C14H14ClN3S/c1-18(9-11-4-2-3-5-12(11)15)13-7-6-10(8-17-13)14(16)19/h2-8H,9H2,1H3,(H2,16,19). The summed E-state index contributed by atoms with van der Waals surface area (Å²) in [4.78, 5) is 6.71. The van der Waals surface area contributed by atoms with Crippen molar-refractivity contribution in [1.29, 1.82) is 0 Å². The van der Waals surface area contributed by atoms with Crippen LogP contribution in [0.4, 0.5) is 5.82 Å². The van der Waals surface area contributed by atoms with E-state index in [4.69, 9.17) is 29.6 Å². The Morgan fingerprint density at radius 3 is 2.63 bits per heavy atom. The summed E-state index contributed by atoms with van der Waals surface area (Å²) in [7, 11) is 1.96. The second kappa shape index (κ2) is 5.99. The Hall–Kier alpha value is -1.65. The molecule has 0 atom stereocenters. The zero-order valence-corrected chi connectivity index (χ0v) is 12.1. The molecule has 5 heteroatoms. The lowest BCUT2D eigenvalue weighted by Crippen LogP contribution is -2.18. The minimum Gasteiger partial charge on any atom is -0.389 e. The van der Waals surface area contributed by atoms with Crippen molar-refractivity contribution in [3.8, 4) is 0 Å². The van der Waals surface area contributed by atoms with Crippen molar-refractivity contribution in [2.24, 2.45) is 5.73 Å². The van der Waals surface area contributed by atoms with Crippen molar-refractivity contribution < 1.29 is 0 Å². The summed E-state index contributed by atoms with van der Waals surface area (Å²) in [6, 6.07) is 11.5. The number of rotatable bonds is 4. The van der Waals surface area contributed by atoms with Crippen LogP contribution in [0, 0.1) is 0 Å². The summed E-state index contributed by atoms with van der Waals surface area (Å²) in [5, 5.41) is 0.758. The van der Waals surface area contributed by atoms with E-state index < -0.39 is 0 Å². The lowest BCUT2D eigenvalue weighted by Gasteiger charge is -2.19. The van der Waals surface area contributed by atoms with Gasteiger partial charge in [0.1, 0.15) is 10.8 Å². The number of pyridine rings is 1. The predicted molar refractivity (Wildman–Crippen MR) is 83.7 cm³/mol. The molecule has 0 spiro atoms. The molecule has 3 nitrogen and oxygen atoms in total. The number of nitrogens with zero attached hydrogens (tertiary/aromatic N) is 2. The molecule has 0 aliphatic carbocycles. The van der Waals surface area contributed by atoms with Crippen LogP contribution in [0.2, 0.25) is 5.02 Å². The molecular weight excluding hydrogens is 278 g/mol. The minimum absolute atomic E-state index is 0.354. The number of halogens is 1. The van der Waals surface area contributed by atoms with Gasteiger partial charge in [0, 0.05) is 30.4 Å². The van der Waals surface area contributed by atoms with E-state index in [9.17, 15) is 0 Å². The monoisotopic (exact) mass is 291 g/mol. The normalized spacial score (nSPS) is 10.2. The van der Waals surface area contributed by atoms with E-state index in [2.05, 4.69) is 4.98 Å². The first-order valence-electron chi connectivity index (χ1n) is 5.78. The first kappa shape index (κ1) is 13.8. The molecule has 0 radical (unpaired) electrons. The smallest absolute Gasteiger partial charge is 0.128 e. The zero-order chi connectivity index (χ0) is 13.8. The maximum absolute atomic E-state index is 6.14. The molecule has 19 heavy (non-hydrogen) atoms. The van der Waals surface area contributed by atoms with Crippen LogP contribution in [-0.2, 0) is 6.54 Å². The summed E-state index contributed by atoms with van der Waals surface area (Å²) in [5.74, 6) is 0.847. The third-order valence-electron chi connectivity index (χ3n) is 2.79. The Labute approximate surface area is 123 Å². The van der Waals surface area contributed by atoms with Gasteiger partial charge in [-0.05, 0) is 23.8 Å². The van der Waals surface area contributed by atoms with Crippen LogP contribution in [0.1, 0.15) is 11.1 Å². The number of nitrogens with two attached hydrogens (primary N) is 1. The number of aromatic nitrogens is 1. The van der Waals surface area contributed by atoms with E-state index in [0.29, 0.717) is 11.5 Å². The summed E-state index contributed by atoms with van der Waals surface area (Å²) in [5.41, 5.74) is 7.37. The second-order valence-corrected chi connectivity index (χ2v) is 5.06. The van der Waals surface area contributed by atoms with Gasteiger partial charge < -0.3 is 10.6 Å². The average molecular weight is 292 g/mol. The van der Waals surface area contributed by atoms with Crippen LogP contribution < -0.4 is 10.6 Å². The van der Waals surface area contributed by atoms with Crippen LogP contribution in [0.25, 0.3) is 0 Å². The number of anilines is 1. The fraction of sp³-hybridized carbons (Fsp3) is 0.143. The van der Waals surface area contributed by atoms with E-state index >= 15 is 0 Å². The topological polar surface area (TPSA) is 42.1 Å². The van der Waals surface area contributed by atoms with Gasteiger partial charge in [0.25, 0.3) is 0 Å². The van der Waals surface area contributed by atoms with Gasteiger partial charge in [0.2, 0.25) is 0 Å². The molecule has 2 aromatic rings. The van der Waals surface area contributed by atoms with Crippen molar-refractivity contribution in [3.63, 3.8) is 0 Å². The van der Waals surface area contributed by atoms with Gasteiger partial charge >= 0.3 is 0 Å². The molecule has 0 amide bonds. The minimum atomic E-state index is 0.354. The number of benzene rings is 1. The molecule has 0 aliphatic heterocycles. The average Bonchev–Trinajstić information content (AvgIpc) is 2.41. The van der Waals surface area contributed by atoms with E-state index in [0.717, 1.165) is 22.0 Å². The van der Waals surface area contributed by atoms with Crippen LogP contribution in [0.5, 0.6) is 0 Å². The molecule has 0 bridgehead atoms. The number of hydrogen-bond acceptors (Lipinski definition) is 3. The lowest BCUT2D eigenvalue weighted by molar-refractivity contribution is 0.898. The highest BCUT2D eigenvalue weighted by Crippen LogP contribution is 2.19. The highest BCUT2D eigenvalue weighted by molar-refractivity contribution is 7.80. The SMILES string of the molecule is CN(Cc1ccccc1Cl)c1ccc(C(N)=S)cn1. The highest BCUT2D eigenvalue weighted by Gasteiger charge is 2.06. The molecule has 0 fully saturated rings. The molecule has 0 saturated heterocycles. The summed E-state index contributed by atoms with van der Waals surface area (Å²) >= 11 is 11.0. The third kappa shape index (κ3) is 3.43. The van der Waals surface area contributed by atoms with Gasteiger partial charge in [-0.2, -0.15) is 0 Å². The Kier molecular flexibility index (Phi) is 4.35. The summed E-state index contributed by atoms with van der Waals surface area (Å²) in [6.07, 6.45) is 1.68. The lowest BCUT2D eigenvalue weighted by atomic mass is 10.2. The van der Waals surface area contributed by atoms with E-state index in [1.807, 2.05) is 48.3 Å². The molecule has 1 aromatic carbocycles. The Bertz CT molecular complexity index is 583. The highest BCUT2D eigenvalue weighted by atomic mass is 35.5. The van der Waals surface area contributed by atoms with Gasteiger partial charge in [0.15, 0.2) is 0 Å². The molecule has 2 N–H and O–H groups in total. The molecule has 1 heterocycles. The molecule has 0 saturated carbocycles. The van der Waals surface area contributed by atoms with Gasteiger partial charge in [-0.25, -0.2) is 4.98 Å². The fourth-order valence-corrected chi connectivity index (χ4v) is 2.04. The van der Waals surface area contributed by atoms with Crippen molar-refractivity contribution in [2.45, 2.75) is 6.54 Å². The predicted octanol–water partition coefficient (Wildman–Crippen LogP) is 3.01. The van der Waals surface area contributed by atoms with Crippen molar-refractivity contribution >= 4 is 34.6 Å². The maximum atomic E-state index is 6.14. The van der Waals surface area contributed by atoms with Crippen molar-refractivity contribution in [1.82, 2.24) is 4.98 Å². The third-order valence-corrected chi connectivity index (χ3v) is 3.39.